The maximum Gasteiger partial charge on any atom is 0.119 e. The molecular weight excluding hydrogens is 272 g/mol. The van der Waals surface area contributed by atoms with E-state index in [2.05, 4.69) is 23.9 Å². The third kappa shape index (κ3) is 6.80. The average Bonchev–Trinajstić information content (AvgIpc) is 2.54. The van der Waals surface area contributed by atoms with E-state index < -0.39 is 0 Å². The Hall–Kier alpha value is -1.06. The zero-order chi connectivity index (χ0) is 15.6. The van der Waals surface area contributed by atoms with Crippen LogP contribution < -0.4 is 4.74 Å². The van der Waals surface area contributed by atoms with Crippen molar-refractivity contribution in [2.45, 2.75) is 32.1 Å². The topological polar surface area (TPSA) is 15.7 Å². The van der Waals surface area contributed by atoms with Crippen molar-refractivity contribution >= 4 is 0 Å². The van der Waals surface area contributed by atoms with Crippen molar-refractivity contribution in [3.05, 3.63) is 30.3 Å². The quantitative estimate of drug-likeness (QED) is 0.649. The number of ether oxygens (including phenoxy) is 1. The maximum absolute atomic E-state index is 5.74. The van der Waals surface area contributed by atoms with Gasteiger partial charge in [-0.2, -0.15) is 0 Å². The molecule has 1 aromatic carbocycles. The molecule has 0 unspecified atom stereocenters. The molecule has 1 heterocycles. The first-order valence-corrected chi connectivity index (χ1v) is 8.79. The summed E-state index contributed by atoms with van der Waals surface area (Å²) in [6.45, 7) is 5.89. The van der Waals surface area contributed by atoms with Crippen LogP contribution in [0.15, 0.2) is 30.3 Å². The van der Waals surface area contributed by atoms with E-state index in [1.807, 2.05) is 30.3 Å². The van der Waals surface area contributed by atoms with Crippen LogP contribution in [0.1, 0.15) is 32.1 Å². The number of hydrogen-bond donors (Lipinski definition) is 0. The largest absolute Gasteiger partial charge is 0.494 e. The molecule has 0 radical (unpaired) electrons. The van der Waals surface area contributed by atoms with Gasteiger partial charge in [-0.3, -0.25) is 0 Å². The molecular formula is C19H32N2O. The van der Waals surface area contributed by atoms with Gasteiger partial charge in [0.15, 0.2) is 0 Å². The second-order valence-electron chi connectivity index (χ2n) is 6.75. The zero-order valence-electron chi connectivity index (χ0n) is 14.3. The van der Waals surface area contributed by atoms with E-state index in [1.54, 1.807) is 0 Å². The predicted molar refractivity (Wildman–Crippen MR) is 93.5 cm³/mol. The van der Waals surface area contributed by atoms with E-state index in [-0.39, 0.29) is 0 Å². The van der Waals surface area contributed by atoms with Gasteiger partial charge in [-0.25, -0.2) is 0 Å². The third-order valence-electron chi connectivity index (χ3n) is 4.57. The molecule has 1 aliphatic heterocycles. The smallest absolute Gasteiger partial charge is 0.119 e. The highest BCUT2D eigenvalue weighted by Crippen LogP contribution is 2.20. The molecule has 2 rings (SSSR count). The first-order chi connectivity index (χ1) is 10.7. The highest BCUT2D eigenvalue weighted by atomic mass is 16.5. The predicted octanol–water partition coefficient (Wildman–Crippen LogP) is 3.51. The molecule has 0 atom stereocenters. The van der Waals surface area contributed by atoms with Crippen LogP contribution >= 0.6 is 0 Å². The molecule has 0 amide bonds. The first-order valence-electron chi connectivity index (χ1n) is 8.79. The summed E-state index contributed by atoms with van der Waals surface area (Å²) in [5, 5.41) is 0. The molecule has 124 valence electrons. The molecule has 22 heavy (non-hydrogen) atoms. The molecule has 0 N–H and O–H groups in total. The number of nitrogens with zero attached hydrogens (tertiary/aromatic N) is 2. The second-order valence-corrected chi connectivity index (χ2v) is 6.75. The van der Waals surface area contributed by atoms with Crippen LogP contribution in [0.25, 0.3) is 0 Å². The van der Waals surface area contributed by atoms with Crippen LogP contribution in [-0.4, -0.2) is 56.7 Å². The molecule has 0 saturated carbocycles. The Morgan fingerprint density at radius 2 is 1.82 bits per heavy atom. The summed E-state index contributed by atoms with van der Waals surface area (Å²) in [5.74, 6) is 1.93. The molecule has 3 nitrogen and oxygen atoms in total. The maximum atomic E-state index is 5.74. The van der Waals surface area contributed by atoms with Crippen LogP contribution in [0.2, 0.25) is 0 Å². The van der Waals surface area contributed by atoms with Gasteiger partial charge in [-0.05, 0) is 90.4 Å². The summed E-state index contributed by atoms with van der Waals surface area (Å²) in [5.41, 5.74) is 0. The van der Waals surface area contributed by atoms with E-state index in [0.29, 0.717) is 0 Å². The minimum atomic E-state index is 0.837. The lowest BCUT2D eigenvalue weighted by Crippen LogP contribution is -2.35. The Kier molecular flexibility index (Phi) is 7.75. The molecule has 1 fully saturated rings. The van der Waals surface area contributed by atoms with Gasteiger partial charge in [0.1, 0.15) is 5.75 Å². The van der Waals surface area contributed by atoms with Crippen molar-refractivity contribution in [2.75, 3.05) is 46.9 Å². The van der Waals surface area contributed by atoms with E-state index >= 15 is 0 Å². The Morgan fingerprint density at radius 3 is 2.50 bits per heavy atom. The summed E-state index contributed by atoms with van der Waals surface area (Å²) in [6, 6.07) is 10.1. The van der Waals surface area contributed by atoms with Gasteiger partial charge in [-0.1, -0.05) is 18.2 Å². The van der Waals surface area contributed by atoms with Crippen LogP contribution in [0.4, 0.5) is 0 Å². The average molecular weight is 304 g/mol. The zero-order valence-corrected chi connectivity index (χ0v) is 14.3. The highest BCUT2D eigenvalue weighted by Gasteiger charge is 2.18. The number of para-hydroxylation sites is 1. The number of benzene rings is 1. The van der Waals surface area contributed by atoms with E-state index in [1.165, 1.54) is 51.9 Å². The van der Waals surface area contributed by atoms with Crippen LogP contribution in [0.3, 0.4) is 0 Å². The van der Waals surface area contributed by atoms with Gasteiger partial charge < -0.3 is 14.5 Å². The van der Waals surface area contributed by atoms with Gasteiger partial charge in [0.2, 0.25) is 0 Å². The Labute approximate surface area is 136 Å². The number of unbranched alkanes of at least 4 members (excludes halogenated alkanes) is 1. The van der Waals surface area contributed by atoms with Gasteiger partial charge in [0, 0.05) is 0 Å². The van der Waals surface area contributed by atoms with E-state index in [9.17, 15) is 0 Å². The minimum Gasteiger partial charge on any atom is -0.494 e. The van der Waals surface area contributed by atoms with Crippen LogP contribution in [-0.2, 0) is 0 Å². The van der Waals surface area contributed by atoms with Gasteiger partial charge in [-0.15, -0.1) is 0 Å². The molecule has 0 bridgehead atoms. The molecule has 3 heteroatoms. The van der Waals surface area contributed by atoms with Crippen molar-refractivity contribution in [3.8, 4) is 5.75 Å². The Morgan fingerprint density at radius 1 is 1.09 bits per heavy atom. The van der Waals surface area contributed by atoms with Crippen molar-refractivity contribution < 1.29 is 4.74 Å². The Balaban J connectivity index is 1.48. The van der Waals surface area contributed by atoms with Gasteiger partial charge in [0.25, 0.3) is 0 Å². The standard InChI is InChI=1S/C19H32N2O/c1-20(2)14-10-18-11-15-21(16-12-18)13-6-7-17-22-19-8-4-3-5-9-19/h3-5,8-9,18H,6-7,10-17H2,1-2H3. The summed E-state index contributed by atoms with van der Waals surface area (Å²) in [7, 11) is 4.35. The van der Waals surface area contributed by atoms with E-state index in [4.69, 9.17) is 4.74 Å². The van der Waals surface area contributed by atoms with Crippen molar-refractivity contribution in [3.63, 3.8) is 0 Å². The summed E-state index contributed by atoms with van der Waals surface area (Å²) in [6.07, 6.45) is 6.53. The molecule has 0 spiro atoms. The van der Waals surface area contributed by atoms with Crippen molar-refractivity contribution in [1.82, 2.24) is 9.80 Å². The molecule has 0 aromatic heterocycles. The second kappa shape index (κ2) is 9.86. The lowest BCUT2D eigenvalue weighted by atomic mass is 9.93. The summed E-state index contributed by atoms with van der Waals surface area (Å²) in [4.78, 5) is 4.94. The molecule has 1 aliphatic rings. The third-order valence-corrected chi connectivity index (χ3v) is 4.57. The normalized spacial score (nSPS) is 17.0. The summed E-state index contributed by atoms with van der Waals surface area (Å²) < 4.78 is 5.74. The van der Waals surface area contributed by atoms with Crippen molar-refractivity contribution in [2.24, 2.45) is 5.92 Å². The van der Waals surface area contributed by atoms with Crippen molar-refractivity contribution in [1.29, 1.82) is 0 Å². The van der Waals surface area contributed by atoms with Crippen LogP contribution in [0, 0.1) is 5.92 Å². The number of rotatable bonds is 9. The SMILES string of the molecule is CN(C)CCC1CCN(CCCCOc2ccccc2)CC1. The fraction of sp³-hybridized carbons (Fsp3) is 0.684. The summed E-state index contributed by atoms with van der Waals surface area (Å²) >= 11 is 0. The number of piperidine rings is 1. The number of hydrogen-bond acceptors (Lipinski definition) is 3. The first kappa shape index (κ1) is 17.3. The van der Waals surface area contributed by atoms with E-state index in [0.717, 1.165) is 24.7 Å². The Bertz CT molecular complexity index is 386. The fourth-order valence-corrected chi connectivity index (χ4v) is 3.08. The fourth-order valence-electron chi connectivity index (χ4n) is 3.08. The number of likely N-dealkylation sites (tertiary alicyclic amines) is 1. The van der Waals surface area contributed by atoms with Gasteiger partial charge >= 0.3 is 0 Å². The highest BCUT2D eigenvalue weighted by molar-refractivity contribution is 5.20. The minimum absolute atomic E-state index is 0.837. The monoisotopic (exact) mass is 304 g/mol. The van der Waals surface area contributed by atoms with Crippen LogP contribution in [0.5, 0.6) is 5.75 Å². The molecule has 1 aromatic rings. The molecule has 1 saturated heterocycles. The lowest BCUT2D eigenvalue weighted by molar-refractivity contribution is 0.166. The lowest BCUT2D eigenvalue weighted by Gasteiger charge is -2.32. The van der Waals surface area contributed by atoms with Gasteiger partial charge in [0.05, 0.1) is 6.61 Å². The molecule has 0 aliphatic carbocycles.